The van der Waals surface area contributed by atoms with Gasteiger partial charge in [-0.25, -0.2) is 4.39 Å². The zero-order chi connectivity index (χ0) is 13.2. The van der Waals surface area contributed by atoms with Crippen molar-refractivity contribution in [2.24, 2.45) is 0 Å². The van der Waals surface area contributed by atoms with Crippen molar-refractivity contribution in [3.8, 4) is 0 Å². The highest BCUT2D eigenvalue weighted by molar-refractivity contribution is 5.60. The molecular formula is C13H9F4N. The fourth-order valence-electron chi connectivity index (χ4n) is 1.51. The fraction of sp³-hybridized carbons (Fsp3) is 0.0769. The van der Waals surface area contributed by atoms with Crippen LogP contribution in [0.25, 0.3) is 0 Å². The lowest BCUT2D eigenvalue weighted by Crippen LogP contribution is -2.05. The Morgan fingerprint density at radius 2 is 1.44 bits per heavy atom. The number of hydrogen-bond acceptors (Lipinski definition) is 1. The lowest BCUT2D eigenvalue weighted by atomic mass is 10.2. The van der Waals surface area contributed by atoms with Crippen molar-refractivity contribution in [3.63, 3.8) is 0 Å². The molecule has 2 aromatic rings. The maximum Gasteiger partial charge on any atom is 0.416 e. The first kappa shape index (κ1) is 12.4. The van der Waals surface area contributed by atoms with Crippen molar-refractivity contribution in [1.82, 2.24) is 0 Å². The van der Waals surface area contributed by atoms with Gasteiger partial charge in [0, 0.05) is 11.4 Å². The highest BCUT2D eigenvalue weighted by Gasteiger charge is 2.30. The average Bonchev–Trinajstić information content (AvgIpc) is 2.28. The van der Waals surface area contributed by atoms with E-state index in [1.165, 1.54) is 30.3 Å². The Kier molecular flexibility index (Phi) is 3.23. The van der Waals surface area contributed by atoms with Crippen LogP contribution in [0.4, 0.5) is 28.9 Å². The van der Waals surface area contributed by atoms with Crippen molar-refractivity contribution >= 4 is 11.4 Å². The van der Waals surface area contributed by atoms with E-state index in [0.717, 1.165) is 12.1 Å². The van der Waals surface area contributed by atoms with Gasteiger partial charge in [-0.3, -0.25) is 0 Å². The van der Waals surface area contributed by atoms with Crippen molar-refractivity contribution in [1.29, 1.82) is 0 Å². The molecule has 0 saturated carbocycles. The molecule has 1 N–H and O–H groups in total. The zero-order valence-electron chi connectivity index (χ0n) is 9.13. The zero-order valence-corrected chi connectivity index (χ0v) is 9.13. The molecular weight excluding hydrogens is 246 g/mol. The fourth-order valence-corrected chi connectivity index (χ4v) is 1.51. The monoisotopic (exact) mass is 255 g/mol. The van der Waals surface area contributed by atoms with Crippen molar-refractivity contribution in [2.45, 2.75) is 6.18 Å². The quantitative estimate of drug-likeness (QED) is 0.774. The Morgan fingerprint density at radius 1 is 0.833 bits per heavy atom. The molecule has 0 amide bonds. The van der Waals surface area contributed by atoms with Crippen LogP contribution in [0.1, 0.15) is 5.56 Å². The molecule has 0 atom stereocenters. The van der Waals surface area contributed by atoms with E-state index in [4.69, 9.17) is 0 Å². The van der Waals surface area contributed by atoms with Crippen LogP contribution < -0.4 is 5.32 Å². The summed E-state index contributed by atoms with van der Waals surface area (Å²) in [6, 6.07) is 10.3. The minimum Gasteiger partial charge on any atom is -0.355 e. The van der Waals surface area contributed by atoms with Gasteiger partial charge < -0.3 is 5.32 Å². The Morgan fingerprint density at radius 3 is 2.06 bits per heavy atom. The third-order valence-corrected chi connectivity index (χ3v) is 2.30. The Balaban J connectivity index is 2.25. The molecule has 0 fully saturated rings. The van der Waals surface area contributed by atoms with Crippen LogP contribution in [0, 0.1) is 5.82 Å². The van der Waals surface area contributed by atoms with Gasteiger partial charge >= 0.3 is 6.18 Å². The second-order valence-corrected chi connectivity index (χ2v) is 3.71. The standard InChI is InChI=1S/C13H9F4N/c14-10-4-2-6-12(8-10)18-11-5-1-3-9(7-11)13(15,16)17/h1-8,18H. The molecule has 0 unspecified atom stereocenters. The first-order chi connectivity index (χ1) is 8.45. The summed E-state index contributed by atoms with van der Waals surface area (Å²) < 4.78 is 50.4. The van der Waals surface area contributed by atoms with Crippen LogP contribution >= 0.6 is 0 Å². The molecule has 2 aromatic carbocycles. The molecule has 0 radical (unpaired) electrons. The van der Waals surface area contributed by atoms with Gasteiger partial charge in [0.2, 0.25) is 0 Å². The van der Waals surface area contributed by atoms with E-state index in [1.54, 1.807) is 6.07 Å². The predicted octanol–water partition coefficient (Wildman–Crippen LogP) is 4.59. The van der Waals surface area contributed by atoms with E-state index in [0.29, 0.717) is 5.69 Å². The van der Waals surface area contributed by atoms with Gasteiger partial charge in [0.1, 0.15) is 5.82 Å². The largest absolute Gasteiger partial charge is 0.416 e. The molecule has 0 aliphatic heterocycles. The lowest BCUT2D eigenvalue weighted by molar-refractivity contribution is -0.137. The molecule has 0 bridgehead atoms. The van der Waals surface area contributed by atoms with Gasteiger partial charge in [0.25, 0.3) is 0 Å². The smallest absolute Gasteiger partial charge is 0.355 e. The molecule has 0 aliphatic rings. The Labute approximate surface area is 101 Å². The molecule has 0 heterocycles. The van der Waals surface area contributed by atoms with E-state index in [1.807, 2.05) is 0 Å². The van der Waals surface area contributed by atoms with Gasteiger partial charge in [-0.15, -0.1) is 0 Å². The molecule has 0 spiro atoms. The first-order valence-corrected chi connectivity index (χ1v) is 5.15. The number of hydrogen-bond donors (Lipinski definition) is 1. The molecule has 0 saturated heterocycles. The molecule has 1 nitrogen and oxygen atoms in total. The van der Waals surface area contributed by atoms with Crippen LogP contribution in [-0.2, 0) is 6.18 Å². The van der Waals surface area contributed by atoms with Crippen LogP contribution in [0.3, 0.4) is 0 Å². The normalized spacial score (nSPS) is 11.3. The van der Waals surface area contributed by atoms with Gasteiger partial charge in [-0.05, 0) is 36.4 Å². The molecule has 2 rings (SSSR count). The first-order valence-electron chi connectivity index (χ1n) is 5.15. The summed E-state index contributed by atoms with van der Waals surface area (Å²) in [6.45, 7) is 0. The summed E-state index contributed by atoms with van der Waals surface area (Å²) in [6.07, 6.45) is -4.39. The number of benzene rings is 2. The van der Waals surface area contributed by atoms with Crippen molar-refractivity contribution in [3.05, 3.63) is 59.9 Å². The summed E-state index contributed by atoms with van der Waals surface area (Å²) in [5.41, 5.74) is -0.0892. The van der Waals surface area contributed by atoms with Crippen molar-refractivity contribution < 1.29 is 17.6 Å². The molecule has 0 aromatic heterocycles. The maximum atomic E-state index is 12.9. The Hall–Kier alpha value is -2.04. The number of anilines is 2. The Bertz CT molecular complexity index is 549. The van der Waals surface area contributed by atoms with Gasteiger partial charge in [0.15, 0.2) is 0 Å². The third kappa shape index (κ3) is 3.00. The van der Waals surface area contributed by atoms with Crippen LogP contribution in [0.15, 0.2) is 48.5 Å². The topological polar surface area (TPSA) is 12.0 Å². The van der Waals surface area contributed by atoms with E-state index < -0.39 is 17.6 Å². The summed E-state index contributed by atoms with van der Waals surface area (Å²) in [7, 11) is 0. The van der Waals surface area contributed by atoms with Gasteiger partial charge in [-0.1, -0.05) is 12.1 Å². The molecule has 5 heteroatoms. The van der Waals surface area contributed by atoms with E-state index >= 15 is 0 Å². The lowest BCUT2D eigenvalue weighted by Gasteiger charge is -2.10. The van der Waals surface area contributed by atoms with E-state index in [9.17, 15) is 17.6 Å². The van der Waals surface area contributed by atoms with Crippen molar-refractivity contribution in [2.75, 3.05) is 5.32 Å². The molecule has 94 valence electrons. The summed E-state index contributed by atoms with van der Waals surface area (Å²) in [5, 5.41) is 2.72. The highest BCUT2D eigenvalue weighted by atomic mass is 19.4. The minimum atomic E-state index is -4.39. The SMILES string of the molecule is Fc1cccc(Nc2cccc(C(F)(F)F)c2)c1. The second kappa shape index (κ2) is 4.68. The molecule has 0 aliphatic carbocycles. The predicted molar refractivity (Wildman–Crippen MR) is 61.1 cm³/mol. The van der Waals surface area contributed by atoms with Crippen LogP contribution in [0.5, 0.6) is 0 Å². The summed E-state index contributed by atoms with van der Waals surface area (Å²) in [4.78, 5) is 0. The van der Waals surface area contributed by atoms with Gasteiger partial charge in [-0.2, -0.15) is 13.2 Å². The highest BCUT2D eigenvalue weighted by Crippen LogP contribution is 2.31. The summed E-state index contributed by atoms with van der Waals surface area (Å²) >= 11 is 0. The van der Waals surface area contributed by atoms with Crippen LogP contribution in [-0.4, -0.2) is 0 Å². The van der Waals surface area contributed by atoms with Crippen LogP contribution in [0.2, 0.25) is 0 Å². The van der Waals surface area contributed by atoms with E-state index in [-0.39, 0.29) is 5.69 Å². The number of rotatable bonds is 2. The second-order valence-electron chi connectivity index (χ2n) is 3.71. The van der Waals surface area contributed by atoms with E-state index in [2.05, 4.69) is 5.32 Å². The average molecular weight is 255 g/mol. The number of nitrogens with one attached hydrogen (secondary N) is 1. The molecule has 18 heavy (non-hydrogen) atoms. The third-order valence-electron chi connectivity index (χ3n) is 2.30. The van der Waals surface area contributed by atoms with Gasteiger partial charge in [0.05, 0.1) is 5.56 Å². The number of halogens is 4. The minimum absolute atomic E-state index is 0.260. The maximum absolute atomic E-state index is 12.9. The number of alkyl halides is 3. The summed E-state index contributed by atoms with van der Waals surface area (Å²) in [5.74, 6) is -0.452.